The van der Waals surface area contributed by atoms with Crippen molar-refractivity contribution in [2.45, 2.75) is 4.90 Å². The van der Waals surface area contributed by atoms with E-state index in [-0.39, 0.29) is 10.5 Å². The molecule has 0 amide bonds. The third kappa shape index (κ3) is 2.26. The number of carbonyl (C=O) groups is 1. The molecule has 1 aromatic rings. The van der Waals surface area contributed by atoms with Gasteiger partial charge in [-0.3, -0.25) is 4.79 Å². The van der Waals surface area contributed by atoms with Crippen LogP contribution in [0.4, 0.5) is 4.39 Å². The van der Waals surface area contributed by atoms with Crippen molar-refractivity contribution in [1.29, 1.82) is 0 Å². The zero-order valence-corrected chi connectivity index (χ0v) is 7.77. The summed E-state index contributed by atoms with van der Waals surface area (Å²) in [6.45, 7) is 0. The van der Waals surface area contributed by atoms with Gasteiger partial charge in [-0.2, -0.15) is 0 Å². The van der Waals surface area contributed by atoms with Gasteiger partial charge in [0.25, 0.3) is 9.05 Å². The van der Waals surface area contributed by atoms with Crippen molar-refractivity contribution in [2.24, 2.45) is 0 Å². The third-order valence-electron chi connectivity index (χ3n) is 1.38. The van der Waals surface area contributed by atoms with Crippen molar-refractivity contribution < 1.29 is 17.6 Å². The van der Waals surface area contributed by atoms with Gasteiger partial charge < -0.3 is 0 Å². The Morgan fingerprint density at radius 2 is 2.00 bits per heavy atom. The van der Waals surface area contributed by atoms with Crippen LogP contribution in [0.25, 0.3) is 0 Å². The van der Waals surface area contributed by atoms with Crippen LogP contribution in [-0.4, -0.2) is 14.7 Å². The molecule has 6 heteroatoms. The minimum Gasteiger partial charge on any atom is -0.298 e. The molecule has 0 heterocycles. The molecule has 0 N–H and O–H groups in total. The van der Waals surface area contributed by atoms with E-state index in [0.717, 1.165) is 12.1 Å². The van der Waals surface area contributed by atoms with Crippen LogP contribution in [0.5, 0.6) is 0 Å². The summed E-state index contributed by atoms with van der Waals surface area (Å²) in [5.74, 6) is -0.906. The van der Waals surface area contributed by atoms with Crippen molar-refractivity contribution >= 4 is 26.0 Å². The Morgan fingerprint density at radius 3 is 2.38 bits per heavy atom. The second-order valence-corrected chi connectivity index (χ2v) is 4.80. The summed E-state index contributed by atoms with van der Waals surface area (Å²) < 4.78 is 34.2. The van der Waals surface area contributed by atoms with Crippen molar-refractivity contribution in [3.8, 4) is 0 Å². The fourth-order valence-corrected chi connectivity index (χ4v) is 1.52. The van der Waals surface area contributed by atoms with Crippen LogP contribution in [0, 0.1) is 5.82 Å². The topological polar surface area (TPSA) is 51.2 Å². The first-order chi connectivity index (χ1) is 5.95. The molecule has 0 radical (unpaired) electrons. The summed E-state index contributed by atoms with van der Waals surface area (Å²) in [6, 6.07) is 2.82. The van der Waals surface area contributed by atoms with Crippen LogP contribution in [0.1, 0.15) is 10.4 Å². The number of aldehydes is 1. The zero-order chi connectivity index (χ0) is 10.1. The van der Waals surface area contributed by atoms with Crippen molar-refractivity contribution in [3.05, 3.63) is 29.6 Å². The summed E-state index contributed by atoms with van der Waals surface area (Å²) in [7, 11) is 1.01. The molecule has 0 saturated heterocycles. The summed E-state index contributed by atoms with van der Waals surface area (Å²) in [5.41, 5.74) is -0.205. The van der Waals surface area contributed by atoms with Crippen LogP contribution in [-0.2, 0) is 9.05 Å². The molecule has 0 saturated carbocycles. The van der Waals surface area contributed by atoms with E-state index in [1.165, 1.54) is 0 Å². The molecule has 70 valence electrons. The van der Waals surface area contributed by atoms with E-state index in [9.17, 15) is 17.6 Å². The minimum atomic E-state index is -3.93. The number of hydrogen-bond acceptors (Lipinski definition) is 3. The van der Waals surface area contributed by atoms with Gasteiger partial charge >= 0.3 is 0 Å². The molecule has 0 unspecified atom stereocenters. The molecule has 1 rings (SSSR count). The second-order valence-electron chi connectivity index (χ2n) is 2.24. The van der Waals surface area contributed by atoms with E-state index >= 15 is 0 Å². The molecule has 0 aromatic heterocycles. The summed E-state index contributed by atoms with van der Waals surface area (Å²) in [6.07, 6.45) is 0.292. The standard InChI is InChI=1S/C7H4ClFO3S/c8-13(11,12)6-2-1-5(4-10)7(9)3-6/h1-4H. The molecule has 13 heavy (non-hydrogen) atoms. The van der Waals surface area contributed by atoms with E-state index in [0.29, 0.717) is 12.4 Å². The summed E-state index contributed by atoms with van der Waals surface area (Å²) in [4.78, 5) is 9.80. The van der Waals surface area contributed by atoms with Gasteiger partial charge in [-0.25, -0.2) is 12.8 Å². The minimum absolute atomic E-state index is 0.205. The fraction of sp³-hybridized carbons (Fsp3) is 0. The first kappa shape index (κ1) is 10.1. The number of halogens is 2. The molecular weight excluding hydrogens is 219 g/mol. The van der Waals surface area contributed by atoms with Crippen LogP contribution < -0.4 is 0 Å². The maximum Gasteiger partial charge on any atom is 0.261 e. The number of benzene rings is 1. The molecule has 0 aliphatic heterocycles. The molecule has 1 aromatic carbocycles. The Balaban J connectivity index is 3.34. The van der Waals surface area contributed by atoms with Gasteiger partial charge in [0.05, 0.1) is 10.5 Å². The average molecular weight is 223 g/mol. The smallest absolute Gasteiger partial charge is 0.261 e. The van der Waals surface area contributed by atoms with E-state index in [4.69, 9.17) is 10.7 Å². The van der Waals surface area contributed by atoms with Gasteiger partial charge in [-0.15, -0.1) is 0 Å². The lowest BCUT2D eigenvalue weighted by Crippen LogP contribution is -1.94. The lowest BCUT2D eigenvalue weighted by atomic mass is 10.2. The zero-order valence-electron chi connectivity index (χ0n) is 6.20. The molecule has 0 spiro atoms. The molecule has 0 atom stereocenters. The maximum atomic E-state index is 12.8. The molecule has 0 bridgehead atoms. The number of rotatable bonds is 2. The van der Waals surface area contributed by atoms with Crippen molar-refractivity contribution in [1.82, 2.24) is 0 Å². The highest BCUT2D eigenvalue weighted by Crippen LogP contribution is 2.17. The fourth-order valence-electron chi connectivity index (χ4n) is 0.755. The predicted octanol–water partition coefficient (Wildman–Crippen LogP) is 1.57. The van der Waals surface area contributed by atoms with Gasteiger partial charge in [0.15, 0.2) is 6.29 Å². The largest absolute Gasteiger partial charge is 0.298 e. The highest BCUT2D eigenvalue weighted by Gasteiger charge is 2.12. The lowest BCUT2D eigenvalue weighted by Gasteiger charge is -1.97. The first-order valence-corrected chi connectivity index (χ1v) is 5.45. The summed E-state index contributed by atoms with van der Waals surface area (Å²) in [5, 5.41) is 0. The van der Waals surface area contributed by atoms with E-state index in [2.05, 4.69) is 0 Å². The first-order valence-electron chi connectivity index (χ1n) is 3.14. The summed E-state index contributed by atoms with van der Waals surface area (Å²) >= 11 is 0. The Labute approximate surface area is 78.6 Å². The molecular formula is C7H4ClFO3S. The van der Waals surface area contributed by atoms with Crippen LogP contribution in [0.15, 0.2) is 23.1 Å². The molecule has 0 aliphatic carbocycles. The Morgan fingerprint density at radius 1 is 1.38 bits per heavy atom. The van der Waals surface area contributed by atoms with Crippen LogP contribution in [0.3, 0.4) is 0 Å². The Kier molecular flexibility index (Phi) is 2.68. The maximum absolute atomic E-state index is 12.8. The molecule has 3 nitrogen and oxygen atoms in total. The van der Waals surface area contributed by atoms with E-state index in [1.54, 1.807) is 0 Å². The molecule has 0 aliphatic rings. The Bertz CT molecular complexity index is 441. The average Bonchev–Trinajstić information content (AvgIpc) is 2.02. The third-order valence-corrected chi connectivity index (χ3v) is 2.73. The number of hydrogen-bond donors (Lipinski definition) is 0. The Hall–Kier alpha value is -0.940. The second kappa shape index (κ2) is 3.43. The van der Waals surface area contributed by atoms with Crippen LogP contribution >= 0.6 is 10.7 Å². The quantitative estimate of drug-likeness (QED) is 0.564. The predicted molar refractivity (Wildman–Crippen MR) is 44.8 cm³/mol. The monoisotopic (exact) mass is 222 g/mol. The highest BCUT2D eigenvalue weighted by molar-refractivity contribution is 8.13. The van der Waals surface area contributed by atoms with E-state index < -0.39 is 14.9 Å². The van der Waals surface area contributed by atoms with Crippen molar-refractivity contribution in [3.63, 3.8) is 0 Å². The van der Waals surface area contributed by atoms with Crippen LogP contribution in [0.2, 0.25) is 0 Å². The van der Waals surface area contributed by atoms with Gasteiger partial charge in [0, 0.05) is 10.7 Å². The van der Waals surface area contributed by atoms with Gasteiger partial charge in [0.1, 0.15) is 5.82 Å². The van der Waals surface area contributed by atoms with Gasteiger partial charge in [-0.1, -0.05) is 0 Å². The van der Waals surface area contributed by atoms with Gasteiger partial charge in [0.2, 0.25) is 0 Å². The lowest BCUT2D eigenvalue weighted by molar-refractivity contribution is 0.111. The normalized spacial score (nSPS) is 11.2. The van der Waals surface area contributed by atoms with Crippen molar-refractivity contribution in [2.75, 3.05) is 0 Å². The van der Waals surface area contributed by atoms with Gasteiger partial charge in [-0.05, 0) is 18.2 Å². The highest BCUT2D eigenvalue weighted by atomic mass is 35.7. The SMILES string of the molecule is O=Cc1ccc(S(=O)(=O)Cl)cc1F. The van der Waals surface area contributed by atoms with E-state index in [1.807, 2.05) is 0 Å². The molecule has 0 fully saturated rings. The number of carbonyl (C=O) groups excluding carboxylic acids is 1.